The monoisotopic (exact) mass is 462 g/mol. The Hall–Kier alpha value is -3.67. The van der Waals surface area contributed by atoms with E-state index in [9.17, 15) is 4.79 Å². The molecule has 0 unspecified atom stereocenters. The van der Waals surface area contributed by atoms with Gasteiger partial charge in [0.25, 0.3) is 0 Å². The molecule has 0 spiro atoms. The predicted octanol–water partition coefficient (Wildman–Crippen LogP) is 6.18. The maximum absolute atomic E-state index is 14.0. The fourth-order valence-corrected chi connectivity index (χ4v) is 4.10. The van der Waals surface area contributed by atoms with Crippen molar-refractivity contribution in [2.45, 2.75) is 39.7 Å². The Morgan fingerprint density at radius 1 is 1.06 bits per heavy atom. The normalized spacial score (nSPS) is 13.7. The van der Waals surface area contributed by atoms with Gasteiger partial charge >= 0.3 is 0 Å². The van der Waals surface area contributed by atoms with Crippen LogP contribution in [0.2, 0.25) is 0 Å². The van der Waals surface area contributed by atoms with E-state index in [1.807, 2.05) is 58.1 Å². The molecule has 0 aliphatic carbocycles. The van der Waals surface area contributed by atoms with Crippen LogP contribution in [0, 0.1) is 0 Å². The fourth-order valence-electron chi connectivity index (χ4n) is 4.10. The second-order valence-electron chi connectivity index (χ2n) is 9.02. The topological polar surface area (TPSA) is 67.1 Å². The van der Waals surface area contributed by atoms with Crippen LogP contribution in [0.15, 0.2) is 51.2 Å². The van der Waals surface area contributed by atoms with Crippen LogP contribution in [-0.2, 0) is 6.42 Å². The lowest BCUT2D eigenvalue weighted by atomic mass is 9.96. The van der Waals surface area contributed by atoms with Gasteiger partial charge in [-0.2, -0.15) is 0 Å². The molecule has 0 bridgehead atoms. The summed E-state index contributed by atoms with van der Waals surface area (Å²) < 4.78 is 29.3. The Morgan fingerprint density at radius 2 is 1.82 bits per heavy atom. The Morgan fingerprint density at radius 3 is 2.47 bits per heavy atom. The number of hydrogen-bond donors (Lipinski definition) is 0. The van der Waals surface area contributed by atoms with Crippen LogP contribution in [0.1, 0.15) is 38.8 Å². The van der Waals surface area contributed by atoms with Crippen molar-refractivity contribution >= 4 is 17.0 Å². The smallest absolute Gasteiger partial charge is 0.200 e. The first-order chi connectivity index (χ1) is 16.2. The molecule has 0 saturated carbocycles. The van der Waals surface area contributed by atoms with E-state index in [1.54, 1.807) is 33.5 Å². The van der Waals surface area contributed by atoms with E-state index in [0.29, 0.717) is 57.3 Å². The van der Waals surface area contributed by atoms with E-state index >= 15 is 0 Å². The summed E-state index contributed by atoms with van der Waals surface area (Å²) in [6.45, 7) is 7.93. The Labute approximate surface area is 199 Å². The zero-order valence-electron chi connectivity index (χ0n) is 20.7. The van der Waals surface area contributed by atoms with Crippen LogP contribution >= 0.6 is 0 Å². The zero-order valence-corrected chi connectivity index (χ0v) is 20.7. The van der Waals surface area contributed by atoms with Gasteiger partial charge in [-0.3, -0.25) is 4.79 Å². The third kappa shape index (κ3) is 4.16. The molecule has 0 N–H and O–H groups in total. The lowest BCUT2D eigenvalue weighted by molar-refractivity contribution is 0.158. The van der Waals surface area contributed by atoms with Gasteiger partial charge in [0.1, 0.15) is 45.3 Å². The molecule has 34 heavy (non-hydrogen) atoms. The van der Waals surface area contributed by atoms with Crippen molar-refractivity contribution in [3.05, 3.63) is 63.3 Å². The van der Waals surface area contributed by atoms with Crippen LogP contribution in [0.3, 0.4) is 0 Å². The van der Waals surface area contributed by atoms with E-state index in [4.69, 9.17) is 23.4 Å². The summed E-state index contributed by atoms with van der Waals surface area (Å²) in [7, 11) is 4.73. The molecule has 4 rings (SSSR count). The van der Waals surface area contributed by atoms with Crippen molar-refractivity contribution in [2.24, 2.45) is 0 Å². The SMILES string of the molecule is COc1ccc(-c2oc3cc4c(c(OC)c3c(=O)c2CC=C(C)C)C=CC(C)(C)O4)c(OC)c1. The van der Waals surface area contributed by atoms with Crippen LogP contribution in [0.4, 0.5) is 0 Å². The summed E-state index contributed by atoms with van der Waals surface area (Å²) in [5.74, 6) is 2.68. The molecule has 0 radical (unpaired) electrons. The Kier molecular flexibility index (Phi) is 6.17. The van der Waals surface area contributed by atoms with Gasteiger partial charge in [-0.25, -0.2) is 0 Å². The lowest BCUT2D eigenvalue weighted by Gasteiger charge is -2.29. The van der Waals surface area contributed by atoms with Crippen LogP contribution < -0.4 is 24.4 Å². The van der Waals surface area contributed by atoms with E-state index in [1.165, 1.54) is 0 Å². The summed E-state index contributed by atoms with van der Waals surface area (Å²) in [5.41, 5.74) is 2.77. The average Bonchev–Trinajstić information content (AvgIpc) is 2.80. The Balaban J connectivity index is 2.09. The maximum Gasteiger partial charge on any atom is 0.200 e. The van der Waals surface area contributed by atoms with Crippen LogP contribution in [0.25, 0.3) is 28.4 Å². The predicted molar refractivity (Wildman–Crippen MR) is 134 cm³/mol. The molecule has 6 heteroatoms. The number of rotatable bonds is 6. The molecule has 178 valence electrons. The number of methoxy groups -OCH3 is 3. The summed E-state index contributed by atoms with van der Waals surface area (Å²) in [6, 6.07) is 7.19. The van der Waals surface area contributed by atoms with Crippen molar-refractivity contribution in [1.29, 1.82) is 0 Å². The first kappa shape index (κ1) is 23.5. The summed E-state index contributed by atoms with van der Waals surface area (Å²) in [4.78, 5) is 14.0. The van der Waals surface area contributed by atoms with E-state index in [0.717, 1.165) is 11.1 Å². The van der Waals surface area contributed by atoms with Gasteiger partial charge in [0.15, 0.2) is 0 Å². The molecule has 2 heterocycles. The summed E-state index contributed by atoms with van der Waals surface area (Å²) in [5, 5.41) is 0.391. The molecule has 2 aromatic carbocycles. The molecule has 0 amide bonds. The van der Waals surface area contributed by atoms with Crippen LogP contribution in [-0.4, -0.2) is 26.9 Å². The highest BCUT2D eigenvalue weighted by Crippen LogP contribution is 2.43. The first-order valence-corrected chi connectivity index (χ1v) is 11.1. The van der Waals surface area contributed by atoms with Gasteiger partial charge in [0.2, 0.25) is 5.43 Å². The molecule has 0 saturated heterocycles. The minimum Gasteiger partial charge on any atom is -0.497 e. The molecule has 3 aromatic rings. The number of hydrogen-bond acceptors (Lipinski definition) is 6. The maximum atomic E-state index is 14.0. The van der Waals surface area contributed by atoms with Gasteiger partial charge in [0, 0.05) is 17.7 Å². The van der Waals surface area contributed by atoms with Gasteiger partial charge in [-0.05, 0) is 58.4 Å². The largest absolute Gasteiger partial charge is 0.497 e. The minimum absolute atomic E-state index is 0.149. The standard InChI is InChI=1S/C28H30O6/c1-16(2)8-10-20-25(29)24-23(15-22-19(27(24)32-7)12-13-28(3,4)34-22)33-26(20)18-11-9-17(30-5)14-21(18)31-6/h8-9,11-15H,10H2,1-7H3. The highest BCUT2D eigenvalue weighted by atomic mass is 16.5. The van der Waals surface area contributed by atoms with Crippen LogP contribution in [0.5, 0.6) is 23.0 Å². The molecule has 1 aliphatic heterocycles. The van der Waals surface area contributed by atoms with Crippen molar-refractivity contribution in [1.82, 2.24) is 0 Å². The molecule has 1 aromatic heterocycles. The summed E-state index contributed by atoms with van der Waals surface area (Å²) >= 11 is 0. The van der Waals surface area contributed by atoms with E-state index in [-0.39, 0.29) is 5.43 Å². The molecular weight excluding hydrogens is 432 g/mol. The van der Waals surface area contributed by atoms with Crippen molar-refractivity contribution in [3.63, 3.8) is 0 Å². The van der Waals surface area contributed by atoms with Gasteiger partial charge in [-0.1, -0.05) is 11.6 Å². The number of benzene rings is 2. The minimum atomic E-state index is -0.489. The number of ether oxygens (including phenoxy) is 4. The average molecular weight is 463 g/mol. The third-order valence-corrected chi connectivity index (χ3v) is 5.83. The third-order valence-electron chi connectivity index (χ3n) is 5.83. The molecule has 0 fully saturated rings. The zero-order chi connectivity index (χ0) is 24.6. The van der Waals surface area contributed by atoms with Crippen molar-refractivity contribution in [2.75, 3.05) is 21.3 Å². The summed E-state index contributed by atoms with van der Waals surface area (Å²) in [6.07, 6.45) is 6.30. The van der Waals surface area contributed by atoms with Crippen molar-refractivity contribution in [3.8, 4) is 34.3 Å². The van der Waals surface area contributed by atoms with E-state index < -0.39 is 5.60 Å². The second-order valence-corrected chi connectivity index (χ2v) is 9.02. The molecule has 6 nitrogen and oxygen atoms in total. The molecule has 0 atom stereocenters. The molecular formula is C28H30O6. The van der Waals surface area contributed by atoms with Gasteiger partial charge in [0.05, 0.1) is 32.5 Å². The second kappa shape index (κ2) is 8.93. The fraction of sp³-hybridized carbons (Fsp3) is 0.321. The van der Waals surface area contributed by atoms with Gasteiger partial charge < -0.3 is 23.4 Å². The van der Waals surface area contributed by atoms with Crippen molar-refractivity contribution < 1.29 is 23.4 Å². The van der Waals surface area contributed by atoms with E-state index in [2.05, 4.69) is 0 Å². The highest BCUT2D eigenvalue weighted by Gasteiger charge is 2.28. The number of fused-ring (bicyclic) bond motifs is 2. The Bertz CT molecular complexity index is 1370. The lowest BCUT2D eigenvalue weighted by Crippen LogP contribution is -2.27. The highest BCUT2D eigenvalue weighted by molar-refractivity contribution is 5.93. The molecule has 1 aliphatic rings. The number of allylic oxidation sites excluding steroid dienone is 2. The first-order valence-electron chi connectivity index (χ1n) is 11.1. The van der Waals surface area contributed by atoms with Gasteiger partial charge in [-0.15, -0.1) is 0 Å². The quantitative estimate of drug-likeness (QED) is 0.408.